The zero-order valence-electron chi connectivity index (χ0n) is 19.3. The van der Waals surface area contributed by atoms with Crippen molar-refractivity contribution in [2.45, 2.75) is 12.5 Å². The number of carbonyl (C=O) groups excluding carboxylic acids is 2. The molecule has 1 aliphatic rings. The summed E-state index contributed by atoms with van der Waals surface area (Å²) in [6.45, 7) is -0.464. The van der Waals surface area contributed by atoms with Crippen molar-refractivity contribution in [1.82, 2.24) is 5.32 Å². The molecule has 38 heavy (non-hydrogen) atoms. The number of hydrogen-bond acceptors (Lipinski definition) is 11. The van der Waals surface area contributed by atoms with E-state index in [9.17, 15) is 34.8 Å². The zero-order valence-corrected chi connectivity index (χ0v) is 19.3. The summed E-state index contributed by atoms with van der Waals surface area (Å²) in [6.07, 6.45) is -1.53. The van der Waals surface area contributed by atoms with Crippen LogP contribution in [0.15, 0.2) is 63.8 Å². The van der Waals surface area contributed by atoms with Crippen molar-refractivity contribution in [3.63, 3.8) is 0 Å². The molecule has 12 heteroatoms. The summed E-state index contributed by atoms with van der Waals surface area (Å²) in [4.78, 5) is 36.1. The predicted molar refractivity (Wildman–Crippen MR) is 129 cm³/mol. The van der Waals surface area contributed by atoms with Gasteiger partial charge in [0.25, 0.3) is 5.91 Å². The monoisotopic (exact) mass is 521 g/mol. The molecule has 0 saturated carbocycles. The Balaban J connectivity index is 1.39. The van der Waals surface area contributed by atoms with Crippen LogP contribution in [0, 0.1) is 0 Å². The van der Waals surface area contributed by atoms with Crippen molar-refractivity contribution >= 4 is 23.0 Å². The summed E-state index contributed by atoms with van der Waals surface area (Å²) >= 11 is 0. The fraction of sp³-hybridized carbons (Fsp3) is 0.115. The van der Waals surface area contributed by atoms with Crippen LogP contribution in [0.5, 0.6) is 34.5 Å². The largest absolute Gasteiger partial charge is 0.508 e. The van der Waals surface area contributed by atoms with E-state index < -0.39 is 47.6 Å². The van der Waals surface area contributed by atoms with Crippen molar-refractivity contribution in [3.8, 4) is 45.8 Å². The number of hydrogen-bond donors (Lipinski definition) is 5. The second-order valence-corrected chi connectivity index (χ2v) is 8.27. The first-order valence-electron chi connectivity index (χ1n) is 11.1. The minimum atomic E-state index is -0.916. The molecule has 1 unspecified atom stereocenters. The highest BCUT2D eigenvalue weighted by Crippen LogP contribution is 2.38. The molecule has 194 valence electrons. The van der Waals surface area contributed by atoms with Gasteiger partial charge in [0, 0.05) is 24.1 Å². The number of rotatable bonds is 7. The van der Waals surface area contributed by atoms with E-state index in [0.29, 0.717) is 11.3 Å². The van der Waals surface area contributed by atoms with Gasteiger partial charge in [0.15, 0.2) is 23.4 Å². The molecule has 5 N–H and O–H groups in total. The molecule has 0 radical (unpaired) electrons. The van der Waals surface area contributed by atoms with Gasteiger partial charge in [0.1, 0.15) is 28.2 Å². The molecule has 0 bridgehead atoms. The van der Waals surface area contributed by atoms with Crippen LogP contribution >= 0.6 is 0 Å². The zero-order chi connectivity index (χ0) is 27.0. The number of phenolic OH excluding ortho intramolecular Hbond substituents is 4. The van der Waals surface area contributed by atoms with E-state index in [-0.39, 0.29) is 40.2 Å². The molecule has 2 heterocycles. The predicted octanol–water partition coefficient (Wildman–Crippen LogP) is 2.88. The average molecular weight is 521 g/mol. The maximum atomic E-state index is 13.2. The van der Waals surface area contributed by atoms with E-state index in [4.69, 9.17) is 18.6 Å². The summed E-state index contributed by atoms with van der Waals surface area (Å²) in [5, 5.41) is 41.4. The van der Waals surface area contributed by atoms with Crippen LogP contribution < -0.4 is 20.2 Å². The van der Waals surface area contributed by atoms with Crippen molar-refractivity contribution < 1.29 is 48.6 Å². The van der Waals surface area contributed by atoms with E-state index in [0.717, 1.165) is 18.2 Å². The molecule has 1 atom stereocenters. The molecule has 5 rings (SSSR count). The van der Waals surface area contributed by atoms with Crippen LogP contribution in [-0.2, 0) is 16.0 Å². The summed E-state index contributed by atoms with van der Waals surface area (Å²) in [7, 11) is 0. The van der Waals surface area contributed by atoms with Crippen LogP contribution in [0.1, 0.15) is 5.56 Å². The number of imide groups is 1. The van der Waals surface area contributed by atoms with Gasteiger partial charge in [0.05, 0.1) is 0 Å². The van der Waals surface area contributed by atoms with Gasteiger partial charge in [-0.3, -0.25) is 14.9 Å². The summed E-state index contributed by atoms with van der Waals surface area (Å²) in [5.74, 6) is -2.41. The van der Waals surface area contributed by atoms with Gasteiger partial charge in [-0.1, -0.05) is 12.1 Å². The molecule has 4 aromatic rings. The Morgan fingerprint density at radius 2 is 1.61 bits per heavy atom. The van der Waals surface area contributed by atoms with Crippen molar-refractivity contribution in [3.05, 3.63) is 70.4 Å². The number of cyclic esters (lactones) is 1. The smallest absolute Gasteiger partial charge is 0.414 e. The average Bonchev–Trinajstić information content (AvgIpc) is 3.18. The number of amides is 2. The third kappa shape index (κ3) is 4.69. The normalized spacial score (nSPS) is 14.8. The van der Waals surface area contributed by atoms with Gasteiger partial charge in [-0.2, -0.15) is 0 Å². The Kier molecular flexibility index (Phi) is 6.13. The van der Waals surface area contributed by atoms with Crippen molar-refractivity contribution in [1.29, 1.82) is 0 Å². The maximum Gasteiger partial charge on any atom is 0.414 e. The lowest BCUT2D eigenvalue weighted by Crippen LogP contribution is -2.25. The molecular weight excluding hydrogens is 502 g/mol. The molecule has 2 amide bonds. The minimum absolute atomic E-state index is 0.138. The van der Waals surface area contributed by atoms with E-state index in [1.165, 1.54) is 12.1 Å². The van der Waals surface area contributed by atoms with E-state index in [1.807, 2.05) is 0 Å². The summed E-state index contributed by atoms with van der Waals surface area (Å²) < 4.78 is 21.8. The lowest BCUT2D eigenvalue weighted by atomic mass is 10.1. The number of alkyl carbamates (subject to hydrolysis) is 1. The Morgan fingerprint density at radius 3 is 2.29 bits per heavy atom. The number of ether oxygens (including phenoxy) is 3. The molecule has 12 nitrogen and oxygen atoms in total. The SMILES string of the molecule is O=C1NC(=O)C(Cc2ccc(OCOc3c(-c4ccc(O)c(O)c4)oc4cc(O)cc(O)c4c3=O)cc2)O1. The van der Waals surface area contributed by atoms with Gasteiger partial charge in [0.2, 0.25) is 18.0 Å². The molecule has 1 saturated heterocycles. The standard InChI is InChI=1S/C26H19NO11/c28-14-9-18(31)21-19(10-14)37-23(13-3-6-16(29)17(30)8-13)24(22(21)32)36-11-35-15-4-1-12(2-5-15)7-20-25(33)27-26(34)38-20/h1-6,8-10,20,28-31H,7,11H2,(H,27,33,34). The Bertz CT molecular complexity index is 1630. The quantitative estimate of drug-likeness (QED) is 0.178. The van der Waals surface area contributed by atoms with Gasteiger partial charge in [-0.05, 0) is 35.9 Å². The Morgan fingerprint density at radius 1 is 0.842 bits per heavy atom. The second kappa shape index (κ2) is 9.58. The third-order valence-corrected chi connectivity index (χ3v) is 5.70. The fourth-order valence-corrected chi connectivity index (χ4v) is 3.87. The van der Waals surface area contributed by atoms with Crippen LogP contribution in [-0.4, -0.2) is 45.3 Å². The first-order chi connectivity index (χ1) is 18.2. The van der Waals surface area contributed by atoms with Crippen LogP contribution in [0.2, 0.25) is 0 Å². The van der Waals surface area contributed by atoms with E-state index in [2.05, 4.69) is 5.32 Å². The topological polar surface area (TPSA) is 185 Å². The van der Waals surface area contributed by atoms with Gasteiger partial charge in [-0.15, -0.1) is 0 Å². The van der Waals surface area contributed by atoms with E-state index >= 15 is 0 Å². The van der Waals surface area contributed by atoms with Crippen LogP contribution in [0.25, 0.3) is 22.3 Å². The molecule has 0 aliphatic carbocycles. The highest BCUT2D eigenvalue weighted by atomic mass is 16.7. The lowest BCUT2D eigenvalue weighted by molar-refractivity contribution is -0.123. The number of fused-ring (bicyclic) bond motifs is 1. The Labute approximate surface area is 212 Å². The first kappa shape index (κ1) is 24.3. The molecule has 0 spiro atoms. The number of aromatic hydroxyl groups is 4. The fourth-order valence-electron chi connectivity index (χ4n) is 3.87. The number of phenols is 4. The number of benzene rings is 3. The molecule has 3 aromatic carbocycles. The summed E-state index contributed by atoms with van der Waals surface area (Å²) in [6, 6.07) is 12.3. The minimum Gasteiger partial charge on any atom is -0.508 e. The molecular formula is C26H19NO11. The highest BCUT2D eigenvalue weighted by molar-refractivity contribution is 6.00. The van der Waals surface area contributed by atoms with Gasteiger partial charge in [-0.25, -0.2) is 4.79 Å². The highest BCUT2D eigenvalue weighted by Gasteiger charge is 2.32. The van der Waals surface area contributed by atoms with Gasteiger partial charge >= 0.3 is 6.09 Å². The number of carbonyl (C=O) groups is 2. The molecule has 1 aliphatic heterocycles. The van der Waals surface area contributed by atoms with E-state index in [1.54, 1.807) is 24.3 Å². The number of nitrogens with one attached hydrogen (secondary N) is 1. The third-order valence-electron chi connectivity index (χ3n) is 5.70. The summed E-state index contributed by atoms with van der Waals surface area (Å²) in [5.41, 5.74) is -0.0372. The maximum absolute atomic E-state index is 13.2. The van der Waals surface area contributed by atoms with Crippen LogP contribution in [0.3, 0.4) is 0 Å². The van der Waals surface area contributed by atoms with Crippen molar-refractivity contribution in [2.75, 3.05) is 6.79 Å². The molecule has 1 fully saturated rings. The Hall–Kier alpha value is -5.39. The first-order valence-corrected chi connectivity index (χ1v) is 11.1. The van der Waals surface area contributed by atoms with Crippen LogP contribution in [0.4, 0.5) is 4.79 Å². The van der Waals surface area contributed by atoms with Gasteiger partial charge < -0.3 is 39.1 Å². The van der Waals surface area contributed by atoms with Crippen molar-refractivity contribution in [2.24, 2.45) is 0 Å². The molecule has 1 aromatic heterocycles. The second-order valence-electron chi connectivity index (χ2n) is 8.27. The lowest BCUT2D eigenvalue weighted by Gasteiger charge is -2.14.